The van der Waals surface area contributed by atoms with E-state index in [1.807, 2.05) is 0 Å². The Morgan fingerprint density at radius 1 is 0.725 bits per heavy atom. The van der Waals surface area contributed by atoms with Crippen LogP contribution < -0.4 is 14.8 Å². The zero-order chi connectivity index (χ0) is 36.0. The zero-order valence-electron chi connectivity index (χ0n) is 27.3. The molecule has 2 aliphatic rings. The summed E-state index contributed by atoms with van der Waals surface area (Å²) in [5.74, 6) is -0.938. The molecule has 4 unspecified atom stereocenters. The SMILES string of the molecule is OC(CNCC(O)C1CCc2cc(F)ccc2O1)C1CCc2cc(F)ccc2O1.OC(Cn1cncn1)(Cn1cncn1)c1ccc(F)cc1F. The Kier molecular flexibility index (Phi) is 11.2. The molecule has 0 saturated carbocycles. The second-order valence-corrected chi connectivity index (χ2v) is 12.5. The fraction of sp³-hybridized carbons (Fsp3) is 0.371. The lowest BCUT2D eigenvalue weighted by molar-refractivity contribution is -0.00856. The Bertz CT molecular complexity index is 1780. The van der Waals surface area contributed by atoms with Crippen LogP contribution in [-0.2, 0) is 31.5 Å². The third kappa shape index (κ3) is 9.07. The van der Waals surface area contributed by atoms with Gasteiger partial charge >= 0.3 is 0 Å². The Morgan fingerprint density at radius 3 is 1.65 bits per heavy atom. The molecule has 4 N–H and O–H groups in total. The molecule has 12 nitrogen and oxygen atoms in total. The third-order valence-electron chi connectivity index (χ3n) is 8.78. The van der Waals surface area contributed by atoms with Gasteiger partial charge in [-0.05, 0) is 79.3 Å². The number of nitrogens with zero attached hydrogens (tertiary/aromatic N) is 6. The lowest BCUT2D eigenvalue weighted by Crippen LogP contribution is -2.46. The van der Waals surface area contributed by atoms with E-state index in [0.717, 1.165) is 23.3 Å². The van der Waals surface area contributed by atoms with E-state index in [1.165, 1.54) is 65.0 Å². The van der Waals surface area contributed by atoms with E-state index in [4.69, 9.17) is 9.47 Å². The number of hydrogen-bond donors (Lipinski definition) is 4. The van der Waals surface area contributed by atoms with Gasteiger partial charge in [0.25, 0.3) is 0 Å². The summed E-state index contributed by atoms with van der Waals surface area (Å²) in [7, 11) is 0. The van der Waals surface area contributed by atoms with Gasteiger partial charge in [0.15, 0.2) is 0 Å². The number of fused-ring (bicyclic) bond motifs is 2. The number of halogens is 4. The molecule has 0 bridgehead atoms. The number of aryl methyl sites for hydroxylation is 2. The largest absolute Gasteiger partial charge is 0.487 e. The van der Waals surface area contributed by atoms with Crippen LogP contribution in [0.25, 0.3) is 0 Å². The molecule has 270 valence electrons. The fourth-order valence-electron chi connectivity index (χ4n) is 6.19. The molecular formula is C35H37F4N7O5. The smallest absolute Gasteiger partial charge is 0.137 e. The summed E-state index contributed by atoms with van der Waals surface area (Å²) >= 11 is 0. The quantitative estimate of drug-likeness (QED) is 0.151. The van der Waals surface area contributed by atoms with Crippen molar-refractivity contribution in [3.05, 3.63) is 120 Å². The maximum atomic E-state index is 14.1. The first-order valence-corrected chi connectivity index (χ1v) is 16.4. The second-order valence-electron chi connectivity index (χ2n) is 12.5. The first-order valence-electron chi connectivity index (χ1n) is 16.4. The number of rotatable bonds is 11. The Morgan fingerprint density at radius 2 is 1.20 bits per heavy atom. The summed E-state index contributed by atoms with van der Waals surface area (Å²) in [4.78, 5) is 7.57. The van der Waals surface area contributed by atoms with Crippen LogP contribution in [0.3, 0.4) is 0 Å². The first kappa shape index (κ1) is 35.9. The number of aromatic nitrogens is 6. The van der Waals surface area contributed by atoms with Gasteiger partial charge in [0, 0.05) is 24.7 Å². The van der Waals surface area contributed by atoms with Crippen molar-refractivity contribution in [3.8, 4) is 11.5 Å². The highest BCUT2D eigenvalue weighted by Crippen LogP contribution is 2.31. The van der Waals surface area contributed by atoms with Gasteiger partial charge in [-0.3, -0.25) is 0 Å². The van der Waals surface area contributed by atoms with Crippen LogP contribution in [0.15, 0.2) is 79.9 Å². The van der Waals surface area contributed by atoms with Gasteiger partial charge in [-0.15, -0.1) is 0 Å². The molecular weight excluding hydrogens is 674 g/mol. The Hall–Kier alpha value is -4.90. The van der Waals surface area contributed by atoms with E-state index < -0.39 is 29.4 Å². The molecule has 0 saturated heterocycles. The number of benzene rings is 3. The summed E-state index contributed by atoms with van der Waals surface area (Å²) in [6.45, 7) is 0.365. The molecule has 51 heavy (non-hydrogen) atoms. The minimum atomic E-state index is -1.70. The molecule has 2 aromatic heterocycles. The van der Waals surface area contributed by atoms with Crippen LogP contribution in [0.1, 0.15) is 29.5 Å². The maximum Gasteiger partial charge on any atom is 0.137 e. The van der Waals surface area contributed by atoms with E-state index in [0.29, 0.717) is 37.2 Å². The highest BCUT2D eigenvalue weighted by molar-refractivity contribution is 5.37. The van der Waals surface area contributed by atoms with Crippen molar-refractivity contribution in [2.24, 2.45) is 0 Å². The van der Waals surface area contributed by atoms with Gasteiger partial charge in [-0.2, -0.15) is 10.2 Å². The lowest BCUT2D eigenvalue weighted by Gasteiger charge is -2.31. The topological polar surface area (TPSA) is 153 Å². The maximum absolute atomic E-state index is 14.1. The van der Waals surface area contributed by atoms with Gasteiger partial charge in [-0.1, -0.05) is 6.07 Å². The molecule has 4 heterocycles. The van der Waals surface area contributed by atoms with Crippen molar-refractivity contribution in [3.63, 3.8) is 0 Å². The molecule has 2 aliphatic heterocycles. The monoisotopic (exact) mass is 711 g/mol. The molecule has 0 radical (unpaired) electrons. The minimum absolute atomic E-state index is 0.0556. The average Bonchev–Trinajstić information content (AvgIpc) is 3.82. The molecule has 0 spiro atoms. The average molecular weight is 712 g/mol. The molecule has 5 aromatic rings. The van der Waals surface area contributed by atoms with E-state index in [2.05, 4.69) is 25.5 Å². The third-order valence-corrected chi connectivity index (χ3v) is 8.78. The molecule has 0 aliphatic carbocycles. The lowest BCUT2D eigenvalue weighted by atomic mass is 9.93. The number of aliphatic hydroxyl groups is 3. The Labute approximate surface area is 290 Å². The molecule has 0 fully saturated rings. The van der Waals surface area contributed by atoms with Crippen molar-refractivity contribution in [1.29, 1.82) is 0 Å². The molecule has 7 rings (SSSR count). The summed E-state index contributed by atoms with van der Waals surface area (Å²) in [5, 5.41) is 42.7. The highest BCUT2D eigenvalue weighted by atomic mass is 19.1. The van der Waals surface area contributed by atoms with Crippen LogP contribution in [-0.4, -0.2) is 82.4 Å². The Balaban J connectivity index is 0.000000183. The van der Waals surface area contributed by atoms with Gasteiger partial charge in [-0.25, -0.2) is 36.9 Å². The normalized spacial score (nSPS) is 17.9. The summed E-state index contributed by atoms with van der Waals surface area (Å²) in [5.41, 5.74) is -0.128. The molecule has 0 amide bonds. The van der Waals surface area contributed by atoms with Gasteiger partial charge < -0.3 is 30.1 Å². The number of ether oxygens (including phenoxy) is 2. The number of hydrogen-bond acceptors (Lipinski definition) is 10. The summed E-state index contributed by atoms with van der Waals surface area (Å²) < 4.78 is 68.1. The summed E-state index contributed by atoms with van der Waals surface area (Å²) in [6.07, 6.45) is 5.61. The van der Waals surface area contributed by atoms with E-state index in [-0.39, 0.29) is 55.6 Å². The van der Waals surface area contributed by atoms with Crippen LogP contribution >= 0.6 is 0 Å². The van der Waals surface area contributed by atoms with Gasteiger partial charge in [0.1, 0.15) is 90.1 Å². The highest BCUT2D eigenvalue weighted by Gasteiger charge is 2.35. The van der Waals surface area contributed by atoms with Crippen molar-refractivity contribution < 1.29 is 42.4 Å². The van der Waals surface area contributed by atoms with Gasteiger partial charge in [0.05, 0.1) is 13.1 Å². The predicted molar refractivity (Wildman–Crippen MR) is 173 cm³/mol. The molecule has 3 aromatic carbocycles. The second kappa shape index (κ2) is 16.0. The molecule has 16 heteroatoms. The van der Waals surface area contributed by atoms with Crippen molar-refractivity contribution in [1.82, 2.24) is 34.8 Å². The van der Waals surface area contributed by atoms with Crippen LogP contribution in [0.4, 0.5) is 17.6 Å². The van der Waals surface area contributed by atoms with Crippen LogP contribution in [0, 0.1) is 23.3 Å². The predicted octanol–water partition coefficient (Wildman–Crippen LogP) is 3.10. The van der Waals surface area contributed by atoms with Crippen molar-refractivity contribution in [2.45, 2.75) is 68.8 Å². The van der Waals surface area contributed by atoms with Crippen LogP contribution in [0.5, 0.6) is 11.5 Å². The van der Waals surface area contributed by atoms with Crippen molar-refractivity contribution >= 4 is 0 Å². The first-order chi connectivity index (χ1) is 24.6. The number of nitrogens with one attached hydrogen (secondary N) is 1. The van der Waals surface area contributed by atoms with E-state index >= 15 is 0 Å². The molecule has 4 atom stereocenters. The number of aliphatic hydroxyl groups excluding tert-OH is 2. The summed E-state index contributed by atoms with van der Waals surface area (Å²) in [6, 6.07) is 11.8. The standard InChI is InChI=1S/C22H25F2NO4.C13H12F2N6O/c23-15-3-7-19-13(9-15)1-5-21(28-19)17(26)11-25-12-18(27)22-6-2-14-10-16(24)4-8-20(14)29-22;14-10-1-2-11(12(15)3-10)13(22,4-20-8-16-6-18-20)5-21-9-17-7-19-21/h3-4,7-10,17-18,21-22,25-27H,1-2,5-6,11-12H2;1-3,6-9,22H,4-5H2. The minimum Gasteiger partial charge on any atom is -0.487 e. The fourth-order valence-corrected chi connectivity index (χ4v) is 6.19. The van der Waals surface area contributed by atoms with Gasteiger partial charge in [0.2, 0.25) is 0 Å². The van der Waals surface area contributed by atoms with Crippen LogP contribution in [0.2, 0.25) is 0 Å². The van der Waals surface area contributed by atoms with Crippen molar-refractivity contribution in [2.75, 3.05) is 13.1 Å². The van der Waals surface area contributed by atoms with E-state index in [1.54, 1.807) is 12.1 Å². The van der Waals surface area contributed by atoms with E-state index in [9.17, 15) is 32.9 Å². The zero-order valence-corrected chi connectivity index (χ0v) is 27.3.